The maximum Gasteiger partial charge on any atom is 0.573 e. The molecule has 0 aliphatic rings. The molecular formula is C13H9F12NO4. The molecular weight excluding hydrogens is 462 g/mol. The summed E-state index contributed by atoms with van der Waals surface area (Å²) in [5, 5.41) is 0. The van der Waals surface area contributed by atoms with Crippen molar-refractivity contribution in [2.24, 2.45) is 5.73 Å². The second kappa shape index (κ2) is 8.35. The molecule has 0 amide bonds. The largest absolute Gasteiger partial charge is 0.573 e. The molecule has 0 saturated heterocycles. The van der Waals surface area contributed by atoms with Crippen molar-refractivity contribution in [2.45, 2.75) is 44.8 Å². The number of nitrogens with two attached hydrogens (primary N) is 1. The number of alkyl halides is 12. The van der Waals surface area contributed by atoms with E-state index in [0.717, 1.165) is 6.92 Å². The van der Waals surface area contributed by atoms with E-state index in [2.05, 4.69) is 18.9 Å². The number of benzene rings is 1. The highest BCUT2D eigenvalue weighted by atomic mass is 19.4. The Bertz CT molecular complexity index is 738. The Morgan fingerprint density at radius 1 is 0.667 bits per heavy atom. The summed E-state index contributed by atoms with van der Waals surface area (Å²) in [6, 6.07) is -1.87. The smallest absolute Gasteiger partial charge is 0.402 e. The van der Waals surface area contributed by atoms with E-state index in [1.54, 1.807) is 0 Å². The Morgan fingerprint density at radius 3 is 1.40 bits per heavy atom. The van der Waals surface area contributed by atoms with E-state index in [0.29, 0.717) is 0 Å². The fraction of sp³-hybridized carbons (Fsp3) is 0.538. The lowest BCUT2D eigenvalue weighted by Crippen LogP contribution is -2.27. The summed E-state index contributed by atoms with van der Waals surface area (Å²) in [6.07, 6.45) is -24.0. The van der Waals surface area contributed by atoms with Crippen molar-refractivity contribution in [3.63, 3.8) is 0 Å². The molecule has 2 N–H and O–H groups in total. The van der Waals surface area contributed by atoms with Gasteiger partial charge in [0.1, 0.15) is 0 Å². The van der Waals surface area contributed by atoms with Crippen LogP contribution in [-0.4, -0.2) is 25.4 Å². The average Bonchev–Trinajstić information content (AvgIpc) is 2.47. The number of rotatable bonds is 6. The van der Waals surface area contributed by atoms with Crippen molar-refractivity contribution in [1.29, 1.82) is 0 Å². The Hall–Kier alpha value is -2.46. The first-order chi connectivity index (χ1) is 13.2. The third kappa shape index (κ3) is 8.11. The molecule has 0 radical (unpaired) electrons. The molecule has 1 rings (SSSR count). The molecule has 17 heteroatoms. The predicted molar refractivity (Wildman–Crippen MR) is 70.4 cm³/mol. The van der Waals surface area contributed by atoms with Crippen LogP contribution < -0.4 is 24.7 Å². The van der Waals surface area contributed by atoms with E-state index in [4.69, 9.17) is 5.73 Å². The molecule has 0 aliphatic carbocycles. The van der Waals surface area contributed by atoms with Crippen LogP contribution in [0.15, 0.2) is 6.07 Å². The van der Waals surface area contributed by atoms with Gasteiger partial charge in [0.25, 0.3) is 0 Å². The summed E-state index contributed by atoms with van der Waals surface area (Å²) in [5.41, 5.74) is 4.14. The summed E-state index contributed by atoms with van der Waals surface area (Å²) >= 11 is 0. The van der Waals surface area contributed by atoms with Gasteiger partial charge in [0.2, 0.25) is 11.5 Å². The van der Waals surface area contributed by atoms with E-state index in [1.807, 2.05) is 0 Å². The van der Waals surface area contributed by atoms with Crippen molar-refractivity contribution < 1.29 is 71.6 Å². The van der Waals surface area contributed by atoms with Crippen LogP contribution in [0.1, 0.15) is 24.9 Å². The van der Waals surface area contributed by atoms with Crippen LogP contribution in [-0.2, 0) is 0 Å². The molecule has 5 nitrogen and oxygen atoms in total. The Kier molecular flexibility index (Phi) is 7.12. The summed E-state index contributed by atoms with van der Waals surface area (Å²) < 4.78 is 164. The van der Waals surface area contributed by atoms with Crippen molar-refractivity contribution in [3.8, 4) is 23.0 Å². The molecule has 0 heterocycles. The monoisotopic (exact) mass is 471 g/mol. The van der Waals surface area contributed by atoms with Gasteiger partial charge >= 0.3 is 25.4 Å². The summed E-state index contributed by atoms with van der Waals surface area (Å²) in [4.78, 5) is 0. The highest BCUT2D eigenvalue weighted by molar-refractivity contribution is 5.64. The minimum absolute atomic E-state index is 0.132. The molecule has 0 spiro atoms. The fourth-order valence-corrected chi connectivity index (χ4v) is 1.96. The second-order valence-electron chi connectivity index (χ2n) is 5.16. The van der Waals surface area contributed by atoms with Crippen molar-refractivity contribution in [1.82, 2.24) is 0 Å². The molecule has 0 fully saturated rings. The zero-order chi connectivity index (χ0) is 23.7. The van der Waals surface area contributed by atoms with E-state index in [9.17, 15) is 52.7 Å². The van der Waals surface area contributed by atoms with E-state index in [-0.39, 0.29) is 6.07 Å². The van der Waals surface area contributed by atoms with E-state index < -0.39 is 66.5 Å². The van der Waals surface area contributed by atoms with Crippen molar-refractivity contribution >= 4 is 0 Å². The number of hydrogen-bond acceptors (Lipinski definition) is 5. The zero-order valence-electron chi connectivity index (χ0n) is 14.1. The van der Waals surface area contributed by atoms with Gasteiger partial charge in [-0.3, -0.25) is 0 Å². The average molecular weight is 471 g/mol. The van der Waals surface area contributed by atoms with Gasteiger partial charge in [-0.25, -0.2) is 0 Å². The molecule has 1 aromatic rings. The molecule has 0 aromatic heterocycles. The summed E-state index contributed by atoms with van der Waals surface area (Å²) in [7, 11) is 0. The van der Waals surface area contributed by atoms with Gasteiger partial charge in [0, 0.05) is 11.6 Å². The van der Waals surface area contributed by atoms with Gasteiger partial charge in [-0.15, -0.1) is 52.7 Å². The maximum absolute atomic E-state index is 12.7. The van der Waals surface area contributed by atoms with E-state index >= 15 is 0 Å². The van der Waals surface area contributed by atoms with Crippen molar-refractivity contribution in [2.75, 3.05) is 0 Å². The predicted octanol–water partition coefficient (Wildman–Crippen LogP) is 5.69. The van der Waals surface area contributed by atoms with Gasteiger partial charge < -0.3 is 24.7 Å². The lowest BCUT2D eigenvalue weighted by atomic mass is 10.0. The molecule has 1 aromatic carbocycles. The SMILES string of the molecule is CCC(N)c1cc(OC(F)(F)F)c(OC(F)(F)F)c(OC(F)(F)F)c1OC(F)(F)F. The molecule has 174 valence electrons. The summed E-state index contributed by atoms with van der Waals surface area (Å²) in [5.74, 6) is -9.25. The lowest BCUT2D eigenvalue weighted by molar-refractivity contribution is -0.297. The van der Waals surface area contributed by atoms with Gasteiger partial charge in [-0.2, -0.15) is 0 Å². The topological polar surface area (TPSA) is 62.9 Å². The fourth-order valence-electron chi connectivity index (χ4n) is 1.96. The van der Waals surface area contributed by atoms with Crippen LogP contribution >= 0.6 is 0 Å². The second-order valence-corrected chi connectivity index (χ2v) is 5.16. The Balaban J connectivity index is 4.00. The van der Waals surface area contributed by atoms with Crippen LogP contribution in [0, 0.1) is 0 Å². The zero-order valence-corrected chi connectivity index (χ0v) is 14.1. The van der Waals surface area contributed by atoms with Crippen LogP contribution in [0.4, 0.5) is 52.7 Å². The molecule has 1 atom stereocenters. The van der Waals surface area contributed by atoms with E-state index in [1.165, 1.54) is 0 Å². The Labute approximate surface area is 158 Å². The van der Waals surface area contributed by atoms with Crippen LogP contribution in [0.3, 0.4) is 0 Å². The first-order valence-electron chi connectivity index (χ1n) is 7.22. The maximum atomic E-state index is 12.7. The first kappa shape index (κ1) is 25.6. The number of halogens is 12. The molecule has 30 heavy (non-hydrogen) atoms. The Morgan fingerprint density at radius 2 is 1.03 bits per heavy atom. The highest BCUT2D eigenvalue weighted by Crippen LogP contribution is 2.53. The van der Waals surface area contributed by atoms with Gasteiger partial charge in [-0.05, 0) is 12.5 Å². The van der Waals surface area contributed by atoms with Crippen molar-refractivity contribution in [3.05, 3.63) is 11.6 Å². The third-order valence-corrected chi connectivity index (χ3v) is 2.90. The minimum Gasteiger partial charge on any atom is -0.402 e. The quantitative estimate of drug-likeness (QED) is 0.541. The normalized spacial score (nSPS) is 14.3. The van der Waals surface area contributed by atoms with Crippen LogP contribution in [0.5, 0.6) is 23.0 Å². The molecule has 0 saturated carbocycles. The van der Waals surface area contributed by atoms with Gasteiger partial charge in [-0.1, -0.05) is 6.92 Å². The first-order valence-corrected chi connectivity index (χ1v) is 7.22. The van der Waals surface area contributed by atoms with Crippen LogP contribution in [0.25, 0.3) is 0 Å². The number of hydrogen-bond donors (Lipinski definition) is 1. The molecule has 1 unspecified atom stereocenters. The third-order valence-electron chi connectivity index (χ3n) is 2.90. The molecule has 0 aliphatic heterocycles. The minimum atomic E-state index is -5.99. The summed E-state index contributed by atoms with van der Waals surface area (Å²) in [6.45, 7) is 1.15. The van der Waals surface area contributed by atoms with Crippen LogP contribution in [0.2, 0.25) is 0 Å². The number of ether oxygens (including phenoxy) is 4. The molecule has 0 bridgehead atoms. The standard InChI is InChI=1S/C13H9F12NO4/c1-2-5(26)4-3-6(27-10(14,15)16)8(29-12(20,21)22)9(30-13(23,24)25)7(4)28-11(17,18)19/h3,5H,2,26H2,1H3. The highest BCUT2D eigenvalue weighted by Gasteiger charge is 2.45. The van der Waals surface area contributed by atoms with Gasteiger partial charge in [0.05, 0.1) is 0 Å². The lowest BCUT2D eigenvalue weighted by Gasteiger charge is -2.25. The van der Waals surface area contributed by atoms with Gasteiger partial charge in [0.15, 0.2) is 11.5 Å².